The smallest absolute Gasteiger partial charge is 0.274 e. The van der Waals surface area contributed by atoms with E-state index in [9.17, 15) is 18.8 Å². The Morgan fingerprint density at radius 2 is 2.05 bits per heavy atom. The number of aromatic nitrogens is 1. The molecule has 1 amide bonds. The fraction of sp³-hybridized carbons (Fsp3) is 0.125. The number of rotatable bonds is 6. The summed E-state index contributed by atoms with van der Waals surface area (Å²) < 4.78 is 13.9. The third-order valence-corrected chi connectivity index (χ3v) is 2.91. The van der Waals surface area contributed by atoms with Gasteiger partial charge in [0.15, 0.2) is 5.78 Å². The molecular weight excluding hydrogens is 287 g/mol. The van der Waals surface area contributed by atoms with Crippen LogP contribution in [0.2, 0.25) is 0 Å². The van der Waals surface area contributed by atoms with Crippen LogP contribution in [0.4, 0.5) is 10.1 Å². The summed E-state index contributed by atoms with van der Waals surface area (Å²) in [5.41, 5.74) is 0.326. The number of hydrogen-bond acceptors (Lipinski definition) is 4. The summed E-state index contributed by atoms with van der Waals surface area (Å²) in [4.78, 5) is 37.7. The number of aldehydes is 1. The van der Waals surface area contributed by atoms with Crippen molar-refractivity contribution < 1.29 is 18.8 Å². The molecule has 0 aliphatic rings. The predicted molar refractivity (Wildman–Crippen MR) is 78.2 cm³/mol. The van der Waals surface area contributed by atoms with Gasteiger partial charge in [0.05, 0.1) is 5.56 Å². The van der Waals surface area contributed by atoms with Gasteiger partial charge in [0.1, 0.15) is 17.8 Å². The third-order valence-electron chi connectivity index (χ3n) is 2.91. The van der Waals surface area contributed by atoms with Crippen LogP contribution in [0.15, 0.2) is 42.6 Å². The summed E-state index contributed by atoms with van der Waals surface area (Å²) in [7, 11) is 0. The monoisotopic (exact) mass is 300 g/mol. The molecule has 0 fully saturated rings. The minimum Gasteiger partial charge on any atom is -0.321 e. The predicted octanol–water partition coefficient (Wildman–Crippen LogP) is 2.63. The molecule has 2 aromatic rings. The second-order valence-corrected chi connectivity index (χ2v) is 4.49. The van der Waals surface area contributed by atoms with Gasteiger partial charge in [0, 0.05) is 24.7 Å². The number of Topliss-reactive ketones (excluding diaryl/α,β-unsaturated/α-hetero) is 1. The minimum atomic E-state index is -0.741. The summed E-state index contributed by atoms with van der Waals surface area (Å²) in [5, 5.41) is 2.50. The lowest BCUT2D eigenvalue weighted by molar-refractivity contribution is -0.107. The van der Waals surface area contributed by atoms with Crippen LogP contribution >= 0.6 is 0 Å². The van der Waals surface area contributed by atoms with E-state index in [0.29, 0.717) is 6.29 Å². The summed E-state index contributed by atoms with van der Waals surface area (Å²) in [6, 6.07) is 8.65. The second-order valence-electron chi connectivity index (χ2n) is 4.49. The Hall–Kier alpha value is -2.89. The van der Waals surface area contributed by atoms with Crippen LogP contribution in [0.1, 0.15) is 33.7 Å². The number of pyridine rings is 1. The third kappa shape index (κ3) is 3.82. The number of hydrogen-bond donors (Lipinski definition) is 1. The molecule has 5 nitrogen and oxygen atoms in total. The molecule has 0 aliphatic carbocycles. The number of nitrogens with one attached hydrogen (secondary N) is 1. The van der Waals surface area contributed by atoms with Gasteiger partial charge < -0.3 is 10.1 Å². The molecule has 0 bridgehead atoms. The Labute approximate surface area is 126 Å². The molecule has 6 heteroatoms. The van der Waals surface area contributed by atoms with Crippen LogP contribution in [0.5, 0.6) is 0 Å². The molecule has 0 spiro atoms. The van der Waals surface area contributed by atoms with Crippen molar-refractivity contribution in [1.29, 1.82) is 0 Å². The first-order valence-corrected chi connectivity index (χ1v) is 6.60. The normalized spacial score (nSPS) is 10.0. The van der Waals surface area contributed by atoms with Gasteiger partial charge >= 0.3 is 0 Å². The van der Waals surface area contributed by atoms with Gasteiger partial charge in [-0.3, -0.25) is 14.6 Å². The van der Waals surface area contributed by atoms with E-state index < -0.39 is 17.5 Å². The average molecular weight is 300 g/mol. The van der Waals surface area contributed by atoms with Crippen LogP contribution in [-0.4, -0.2) is 23.0 Å². The Bertz CT molecular complexity index is 702. The fourth-order valence-corrected chi connectivity index (χ4v) is 1.84. The number of carbonyl (C=O) groups excluding carboxylic acids is 3. The molecule has 22 heavy (non-hydrogen) atoms. The van der Waals surface area contributed by atoms with Crippen LogP contribution in [0, 0.1) is 5.82 Å². The zero-order valence-corrected chi connectivity index (χ0v) is 11.6. The number of amides is 1. The summed E-state index contributed by atoms with van der Waals surface area (Å²) in [5.74, 6) is -1.66. The molecule has 112 valence electrons. The van der Waals surface area contributed by atoms with E-state index in [4.69, 9.17) is 0 Å². The topological polar surface area (TPSA) is 76.1 Å². The molecule has 0 saturated carbocycles. The first-order chi connectivity index (χ1) is 10.6. The van der Waals surface area contributed by atoms with Crippen molar-refractivity contribution in [3.63, 3.8) is 0 Å². The van der Waals surface area contributed by atoms with E-state index in [2.05, 4.69) is 10.3 Å². The lowest BCUT2D eigenvalue weighted by atomic mass is 10.1. The highest BCUT2D eigenvalue weighted by atomic mass is 19.1. The average Bonchev–Trinajstić information content (AvgIpc) is 2.53. The van der Waals surface area contributed by atoms with E-state index in [1.54, 1.807) is 12.1 Å². The van der Waals surface area contributed by atoms with E-state index in [-0.39, 0.29) is 29.8 Å². The molecule has 0 unspecified atom stereocenters. The van der Waals surface area contributed by atoms with Gasteiger partial charge in [-0.25, -0.2) is 4.39 Å². The number of nitrogens with zero attached hydrogens (tertiary/aromatic N) is 1. The van der Waals surface area contributed by atoms with Crippen molar-refractivity contribution >= 4 is 23.7 Å². The summed E-state index contributed by atoms with van der Waals surface area (Å²) >= 11 is 0. The molecule has 1 aromatic carbocycles. The van der Waals surface area contributed by atoms with Crippen LogP contribution in [0.25, 0.3) is 0 Å². The van der Waals surface area contributed by atoms with Gasteiger partial charge in [-0.05, 0) is 30.3 Å². The highest BCUT2D eigenvalue weighted by Gasteiger charge is 2.13. The highest BCUT2D eigenvalue weighted by molar-refractivity contribution is 6.03. The Balaban J connectivity index is 2.11. The number of ketones is 1. The quantitative estimate of drug-likeness (QED) is 0.657. The van der Waals surface area contributed by atoms with Gasteiger partial charge in [-0.15, -0.1) is 0 Å². The number of carbonyl (C=O) groups is 3. The van der Waals surface area contributed by atoms with E-state index in [1.807, 2.05) is 0 Å². The molecule has 1 heterocycles. The van der Waals surface area contributed by atoms with Gasteiger partial charge in [-0.1, -0.05) is 6.07 Å². The first-order valence-electron chi connectivity index (χ1n) is 6.60. The van der Waals surface area contributed by atoms with Crippen LogP contribution in [0.3, 0.4) is 0 Å². The van der Waals surface area contributed by atoms with Crippen molar-refractivity contribution in [2.24, 2.45) is 0 Å². The molecule has 0 atom stereocenters. The molecule has 0 saturated heterocycles. The summed E-state index contributed by atoms with van der Waals surface area (Å²) in [6.45, 7) is 0. The molecule has 1 aromatic heterocycles. The highest BCUT2D eigenvalue weighted by Crippen LogP contribution is 2.17. The van der Waals surface area contributed by atoms with E-state index in [1.165, 1.54) is 24.4 Å². The zero-order valence-electron chi connectivity index (χ0n) is 11.6. The van der Waals surface area contributed by atoms with Crippen LogP contribution < -0.4 is 5.32 Å². The Morgan fingerprint density at radius 1 is 1.23 bits per heavy atom. The fourth-order valence-electron chi connectivity index (χ4n) is 1.84. The second kappa shape index (κ2) is 7.21. The summed E-state index contributed by atoms with van der Waals surface area (Å²) in [6.07, 6.45) is 2.10. The molecular formula is C16H13FN2O3. The minimum absolute atomic E-state index is 0.0416. The molecule has 1 N–H and O–H groups in total. The van der Waals surface area contributed by atoms with E-state index >= 15 is 0 Å². The number of anilines is 1. The molecule has 0 aliphatic heterocycles. The van der Waals surface area contributed by atoms with Gasteiger partial charge in [-0.2, -0.15) is 0 Å². The van der Waals surface area contributed by atoms with Crippen molar-refractivity contribution in [3.05, 3.63) is 59.7 Å². The number of halogens is 1. The van der Waals surface area contributed by atoms with Crippen molar-refractivity contribution in [2.45, 2.75) is 12.8 Å². The maximum atomic E-state index is 13.9. The standard InChI is InChI=1S/C16H13FN2O3/c17-13-10-11(6-7-12(13)15(21)5-3-9-20)19-16(22)14-4-1-2-8-18-14/h1-2,4,6-10H,3,5H2,(H,19,22). The van der Waals surface area contributed by atoms with Crippen molar-refractivity contribution in [1.82, 2.24) is 4.98 Å². The van der Waals surface area contributed by atoms with E-state index in [0.717, 1.165) is 6.07 Å². The van der Waals surface area contributed by atoms with Crippen LogP contribution in [-0.2, 0) is 4.79 Å². The Morgan fingerprint density at radius 3 is 2.68 bits per heavy atom. The number of benzene rings is 1. The first kappa shape index (κ1) is 15.5. The van der Waals surface area contributed by atoms with Crippen molar-refractivity contribution in [2.75, 3.05) is 5.32 Å². The maximum absolute atomic E-state index is 13.9. The molecule has 2 rings (SSSR count). The van der Waals surface area contributed by atoms with Gasteiger partial charge in [0.2, 0.25) is 0 Å². The Kier molecular flexibility index (Phi) is 5.08. The van der Waals surface area contributed by atoms with Crippen molar-refractivity contribution in [3.8, 4) is 0 Å². The molecule has 0 radical (unpaired) electrons. The SMILES string of the molecule is O=CCCC(=O)c1ccc(NC(=O)c2ccccn2)cc1F. The maximum Gasteiger partial charge on any atom is 0.274 e. The largest absolute Gasteiger partial charge is 0.321 e. The lowest BCUT2D eigenvalue weighted by Gasteiger charge is -2.07. The lowest BCUT2D eigenvalue weighted by Crippen LogP contribution is -2.14. The van der Waals surface area contributed by atoms with Gasteiger partial charge in [0.25, 0.3) is 5.91 Å². The zero-order chi connectivity index (χ0) is 15.9.